The molecule has 0 spiro atoms. The Morgan fingerprint density at radius 2 is 1.88 bits per heavy atom. The van der Waals surface area contributed by atoms with Crippen LogP contribution in [0, 0.1) is 13.8 Å². The van der Waals surface area contributed by atoms with E-state index in [-0.39, 0.29) is 12.1 Å². The third-order valence-electron chi connectivity index (χ3n) is 4.77. The molecule has 1 saturated heterocycles. The number of hydrogen-bond donors (Lipinski definition) is 1. The summed E-state index contributed by atoms with van der Waals surface area (Å²) >= 11 is 0. The second kappa shape index (κ2) is 6.95. The van der Waals surface area contributed by atoms with Gasteiger partial charge in [0.25, 0.3) is 0 Å². The van der Waals surface area contributed by atoms with E-state index >= 15 is 0 Å². The Hall–Kier alpha value is -2.49. The molecule has 1 aliphatic heterocycles. The van der Waals surface area contributed by atoms with Crippen LogP contribution in [0.2, 0.25) is 0 Å². The lowest BCUT2D eigenvalue weighted by Gasteiger charge is -2.25. The van der Waals surface area contributed by atoms with E-state index in [4.69, 9.17) is 4.74 Å². The van der Waals surface area contributed by atoms with Crippen LogP contribution >= 0.6 is 0 Å². The van der Waals surface area contributed by atoms with Crippen LogP contribution in [-0.2, 0) is 0 Å². The molecule has 0 saturated carbocycles. The molecule has 1 atom stereocenters. The summed E-state index contributed by atoms with van der Waals surface area (Å²) in [5.41, 5.74) is 4.42. The number of nitrogens with zero attached hydrogens (tertiary/aromatic N) is 1. The fourth-order valence-corrected chi connectivity index (χ4v) is 3.20. The molecule has 1 N–H and O–H groups in total. The molecule has 3 rings (SSSR count). The molecule has 1 aliphatic rings. The number of aryl methyl sites for hydroxylation is 2. The van der Waals surface area contributed by atoms with Crippen LogP contribution in [-0.4, -0.2) is 24.6 Å². The largest absolute Gasteiger partial charge is 0.497 e. The minimum atomic E-state index is -0.0310. The highest BCUT2D eigenvalue weighted by Gasteiger charge is 2.30. The zero-order valence-corrected chi connectivity index (χ0v) is 14.5. The van der Waals surface area contributed by atoms with Crippen molar-refractivity contribution in [2.75, 3.05) is 19.0 Å². The summed E-state index contributed by atoms with van der Waals surface area (Å²) in [5.74, 6) is 0.836. The lowest BCUT2D eigenvalue weighted by atomic mass is 10.0. The van der Waals surface area contributed by atoms with E-state index in [1.54, 1.807) is 7.11 Å². The molecule has 2 aromatic rings. The second-order valence-electron chi connectivity index (χ2n) is 6.35. The Kier molecular flexibility index (Phi) is 4.74. The summed E-state index contributed by atoms with van der Waals surface area (Å²) in [6.45, 7) is 4.91. The number of likely N-dealkylation sites (tertiary alicyclic amines) is 1. The van der Waals surface area contributed by atoms with Crippen molar-refractivity contribution in [3.8, 4) is 5.75 Å². The summed E-state index contributed by atoms with van der Waals surface area (Å²) in [5, 5.41) is 3.04. The van der Waals surface area contributed by atoms with Crippen LogP contribution in [0.25, 0.3) is 0 Å². The van der Waals surface area contributed by atoms with Crippen molar-refractivity contribution in [1.29, 1.82) is 0 Å². The predicted octanol–water partition coefficient (Wildman–Crippen LogP) is 4.68. The number of methoxy groups -OCH3 is 1. The van der Waals surface area contributed by atoms with Gasteiger partial charge >= 0.3 is 6.03 Å². The van der Waals surface area contributed by atoms with Gasteiger partial charge in [-0.25, -0.2) is 4.79 Å². The van der Waals surface area contributed by atoms with Crippen LogP contribution in [0.3, 0.4) is 0 Å². The summed E-state index contributed by atoms with van der Waals surface area (Å²) in [6.07, 6.45) is 2.02. The standard InChI is InChI=1S/C20H24N2O2/c1-14-6-9-17(13-15(14)2)21-20(23)22-12-4-5-19(22)16-7-10-18(24-3)11-8-16/h6-11,13,19H,4-5,12H2,1-3H3,(H,21,23). The molecular formula is C20H24N2O2. The first kappa shape index (κ1) is 16.4. The molecule has 0 aromatic heterocycles. The Balaban J connectivity index is 1.74. The van der Waals surface area contributed by atoms with E-state index in [1.807, 2.05) is 47.4 Å². The molecule has 0 aliphatic carbocycles. The van der Waals surface area contributed by atoms with E-state index < -0.39 is 0 Å². The van der Waals surface area contributed by atoms with Crippen molar-refractivity contribution < 1.29 is 9.53 Å². The minimum absolute atomic E-state index is 0.0310. The number of ether oxygens (including phenoxy) is 1. The quantitative estimate of drug-likeness (QED) is 0.890. The molecular weight excluding hydrogens is 300 g/mol. The number of hydrogen-bond acceptors (Lipinski definition) is 2. The Morgan fingerprint density at radius 3 is 2.54 bits per heavy atom. The van der Waals surface area contributed by atoms with Crippen LogP contribution in [0.1, 0.15) is 35.6 Å². The van der Waals surface area contributed by atoms with Gasteiger partial charge in [-0.3, -0.25) is 0 Å². The third-order valence-corrected chi connectivity index (χ3v) is 4.77. The third kappa shape index (κ3) is 3.37. The van der Waals surface area contributed by atoms with Gasteiger partial charge in [0.05, 0.1) is 13.2 Å². The van der Waals surface area contributed by atoms with Crippen molar-refractivity contribution in [2.24, 2.45) is 0 Å². The molecule has 24 heavy (non-hydrogen) atoms. The van der Waals surface area contributed by atoms with E-state index in [9.17, 15) is 4.79 Å². The van der Waals surface area contributed by atoms with Crippen LogP contribution in [0.4, 0.5) is 10.5 Å². The number of carbonyl (C=O) groups excluding carboxylic acids is 1. The smallest absolute Gasteiger partial charge is 0.322 e. The molecule has 1 fully saturated rings. The van der Waals surface area contributed by atoms with Crippen molar-refractivity contribution in [2.45, 2.75) is 32.7 Å². The lowest BCUT2D eigenvalue weighted by Crippen LogP contribution is -2.34. The molecule has 4 nitrogen and oxygen atoms in total. The van der Waals surface area contributed by atoms with E-state index in [1.165, 1.54) is 11.1 Å². The van der Waals surface area contributed by atoms with Gasteiger partial charge in [0.2, 0.25) is 0 Å². The normalized spacial score (nSPS) is 17.0. The van der Waals surface area contributed by atoms with Crippen LogP contribution < -0.4 is 10.1 Å². The summed E-state index contributed by atoms with van der Waals surface area (Å²) in [7, 11) is 1.66. The number of benzene rings is 2. The molecule has 2 aromatic carbocycles. The molecule has 126 valence electrons. The topological polar surface area (TPSA) is 41.6 Å². The van der Waals surface area contributed by atoms with Gasteiger partial charge in [0.1, 0.15) is 5.75 Å². The van der Waals surface area contributed by atoms with Gasteiger partial charge in [-0.2, -0.15) is 0 Å². The van der Waals surface area contributed by atoms with Crippen molar-refractivity contribution in [1.82, 2.24) is 4.90 Å². The maximum atomic E-state index is 12.7. The maximum Gasteiger partial charge on any atom is 0.322 e. The predicted molar refractivity (Wildman–Crippen MR) is 96.6 cm³/mol. The van der Waals surface area contributed by atoms with Crippen LogP contribution in [0.15, 0.2) is 42.5 Å². The van der Waals surface area contributed by atoms with Crippen molar-refractivity contribution in [3.05, 3.63) is 59.2 Å². The summed E-state index contributed by atoms with van der Waals surface area (Å²) in [6, 6.07) is 14.1. The molecule has 4 heteroatoms. The van der Waals surface area contributed by atoms with Crippen molar-refractivity contribution in [3.63, 3.8) is 0 Å². The first-order valence-electron chi connectivity index (χ1n) is 8.37. The number of nitrogens with one attached hydrogen (secondary N) is 1. The Labute approximate surface area is 143 Å². The molecule has 2 amide bonds. The fourth-order valence-electron chi connectivity index (χ4n) is 3.20. The van der Waals surface area contributed by atoms with E-state index in [0.717, 1.165) is 36.4 Å². The van der Waals surface area contributed by atoms with E-state index in [2.05, 4.69) is 19.2 Å². The molecule has 0 bridgehead atoms. The second-order valence-corrected chi connectivity index (χ2v) is 6.35. The van der Waals surface area contributed by atoms with Gasteiger partial charge in [-0.1, -0.05) is 18.2 Å². The monoisotopic (exact) mass is 324 g/mol. The first-order chi connectivity index (χ1) is 11.6. The number of anilines is 1. The van der Waals surface area contributed by atoms with Gasteiger partial charge in [-0.05, 0) is 67.6 Å². The molecule has 0 radical (unpaired) electrons. The highest BCUT2D eigenvalue weighted by Crippen LogP contribution is 2.33. The highest BCUT2D eigenvalue weighted by molar-refractivity contribution is 5.90. The average Bonchev–Trinajstić information content (AvgIpc) is 3.08. The Morgan fingerprint density at radius 1 is 1.12 bits per heavy atom. The van der Waals surface area contributed by atoms with Crippen LogP contribution in [0.5, 0.6) is 5.75 Å². The summed E-state index contributed by atoms with van der Waals surface area (Å²) < 4.78 is 5.21. The molecule has 1 unspecified atom stereocenters. The summed E-state index contributed by atoms with van der Waals surface area (Å²) in [4.78, 5) is 14.6. The average molecular weight is 324 g/mol. The fraction of sp³-hybridized carbons (Fsp3) is 0.350. The zero-order valence-electron chi connectivity index (χ0n) is 14.5. The number of urea groups is 1. The minimum Gasteiger partial charge on any atom is -0.497 e. The first-order valence-corrected chi connectivity index (χ1v) is 8.37. The van der Waals surface area contributed by atoms with Gasteiger partial charge in [-0.15, -0.1) is 0 Å². The van der Waals surface area contributed by atoms with Crippen molar-refractivity contribution >= 4 is 11.7 Å². The SMILES string of the molecule is COc1ccc(C2CCCN2C(=O)Nc2ccc(C)c(C)c2)cc1. The number of amides is 2. The van der Waals surface area contributed by atoms with Gasteiger partial charge in [0.15, 0.2) is 0 Å². The Bertz CT molecular complexity index is 725. The maximum absolute atomic E-state index is 12.7. The molecule has 1 heterocycles. The lowest BCUT2D eigenvalue weighted by molar-refractivity contribution is 0.207. The number of carbonyl (C=O) groups is 1. The van der Waals surface area contributed by atoms with E-state index in [0.29, 0.717) is 0 Å². The zero-order chi connectivity index (χ0) is 17.1. The number of rotatable bonds is 3. The van der Waals surface area contributed by atoms with Gasteiger partial charge < -0.3 is 15.0 Å². The van der Waals surface area contributed by atoms with Gasteiger partial charge in [0, 0.05) is 12.2 Å². The highest BCUT2D eigenvalue weighted by atomic mass is 16.5.